The summed E-state index contributed by atoms with van der Waals surface area (Å²) in [4.78, 5) is 1.76. The number of nitrogens with zero attached hydrogens (tertiary/aromatic N) is 1. The number of ether oxygens (including phenoxy) is 1. The second-order valence-electron chi connectivity index (χ2n) is 5.44. The minimum atomic E-state index is -4.32. The summed E-state index contributed by atoms with van der Waals surface area (Å²) in [7, 11) is 1.78. The summed E-state index contributed by atoms with van der Waals surface area (Å²) in [5.74, 6) is 0.775. The molecule has 0 unspecified atom stereocenters. The van der Waals surface area contributed by atoms with Crippen LogP contribution in [0.2, 0.25) is 0 Å². The Morgan fingerprint density at radius 2 is 1.68 bits per heavy atom. The second kappa shape index (κ2) is 8.20. The average Bonchev–Trinajstić information content (AvgIpc) is 2.56. The van der Waals surface area contributed by atoms with Gasteiger partial charge in [-0.15, -0.1) is 0 Å². The Morgan fingerprint density at radius 1 is 1.08 bits per heavy atom. The molecule has 0 fully saturated rings. The summed E-state index contributed by atoms with van der Waals surface area (Å²) in [5, 5.41) is 3.56. The smallest absolute Gasteiger partial charge is 0.416 e. The molecule has 0 aromatic heterocycles. The maximum atomic E-state index is 12.6. The molecule has 0 aliphatic rings. The maximum absolute atomic E-state index is 12.6. The topological polar surface area (TPSA) is 24.5 Å². The van der Waals surface area contributed by atoms with E-state index in [9.17, 15) is 13.2 Å². The second-order valence-corrected chi connectivity index (χ2v) is 5.82. The third kappa shape index (κ3) is 5.63. The van der Waals surface area contributed by atoms with Gasteiger partial charge in [0.15, 0.2) is 5.11 Å². The average molecular weight is 368 g/mol. The van der Waals surface area contributed by atoms with Crippen LogP contribution < -0.4 is 10.1 Å². The standard InChI is InChI=1S/C18H19F3N2OS/c1-3-24-16-10-8-15(9-11-16)22-17(25)23(2)12-13-4-6-14(7-5-13)18(19,20)21/h4-11H,3,12H2,1-2H3,(H,22,25). The first-order valence-corrected chi connectivity index (χ1v) is 8.11. The molecule has 3 nitrogen and oxygen atoms in total. The van der Waals surface area contributed by atoms with Crippen LogP contribution in [0.5, 0.6) is 5.75 Å². The molecule has 2 aromatic carbocycles. The predicted octanol–water partition coefficient (Wildman–Crippen LogP) is 4.93. The Hall–Kier alpha value is -2.28. The normalized spacial score (nSPS) is 11.1. The fourth-order valence-electron chi connectivity index (χ4n) is 2.16. The van der Waals surface area contributed by atoms with Gasteiger partial charge in [-0.2, -0.15) is 13.2 Å². The van der Waals surface area contributed by atoms with Crippen molar-refractivity contribution in [2.45, 2.75) is 19.6 Å². The van der Waals surface area contributed by atoms with E-state index < -0.39 is 11.7 Å². The highest BCUT2D eigenvalue weighted by Crippen LogP contribution is 2.29. The Bertz CT molecular complexity index is 700. The molecule has 0 spiro atoms. The molecule has 0 aliphatic heterocycles. The largest absolute Gasteiger partial charge is 0.494 e. The third-order valence-electron chi connectivity index (χ3n) is 3.46. The molecule has 0 bridgehead atoms. The fraction of sp³-hybridized carbons (Fsp3) is 0.278. The van der Waals surface area contributed by atoms with E-state index in [1.807, 2.05) is 31.2 Å². The zero-order chi connectivity index (χ0) is 18.4. The highest BCUT2D eigenvalue weighted by molar-refractivity contribution is 7.80. The first-order chi connectivity index (χ1) is 11.8. The van der Waals surface area contributed by atoms with Crippen molar-refractivity contribution >= 4 is 23.0 Å². The van der Waals surface area contributed by atoms with Gasteiger partial charge in [0, 0.05) is 19.3 Å². The molecule has 0 atom stereocenters. The van der Waals surface area contributed by atoms with Gasteiger partial charge < -0.3 is 15.0 Å². The number of halogens is 3. The summed E-state index contributed by atoms with van der Waals surface area (Å²) in [6.07, 6.45) is -4.32. The summed E-state index contributed by atoms with van der Waals surface area (Å²) in [6.45, 7) is 2.92. The Balaban J connectivity index is 1.93. The Kier molecular flexibility index (Phi) is 6.25. The molecule has 0 heterocycles. The van der Waals surface area contributed by atoms with Crippen LogP contribution in [-0.2, 0) is 12.7 Å². The van der Waals surface area contributed by atoms with Crippen LogP contribution in [0.4, 0.5) is 18.9 Å². The Labute approximate surface area is 150 Å². The maximum Gasteiger partial charge on any atom is 0.416 e. The van der Waals surface area contributed by atoms with Crippen molar-refractivity contribution in [3.63, 3.8) is 0 Å². The van der Waals surface area contributed by atoms with Gasteiger partial charge in [-0.05, 0) is 61.1 Å². The van der Waals surface area contributed by atoms with Crippen molar-refractivity contribution in [2.24, 2.45) is 0 Å². The zero-order valence-electron chi connectivity index (χ0n) is 13.9. The number of thiocarbonyl (C=S) groups is 1. The molecule has 25 heavy (non-hydrogen) atoms. The van der Waals surface area contributed by atoms with Crippen molar-refractivity contribution in [3.05, 3.63) is 59.7 Å². The number of hydrogen-bond donors (Lipinski definition) is 1. The van der Waals surface area contributed by atoms with E-state index in [4.69, 9.17) is 17.0 Å². The van der Waals surface area contributed by atoms with Crippen molar-refractivity contribution < 1.29 is 17.9 Å². The first kappa shape index (κ1) is 19.1. The van der Waals surface area contributed by atoms with Gasteiger partial charge >= 0.3 is 6.18 Å². The van der Waals surface area contributed by atoms with Crippen LogP contribution in [0.25, 0.3) is 0 Å². The minimum absolute atomic E-state index is 0.404. The van der Waals surface area contributed by atoms with Crippen LogP contribution in [0.1, 0.15) is 18.1 Å². The minimum Gasteiger partial charge on any atom is -0.494 e. The molecule has 0 aliphatic carbocycles. The quantitative estimate of drug-likeness (QED) is 0.756. The summed E-state index contributed by atoms with van der Waals surface area (Å²) in [6, 6.07) is 12.4. The predicted molar refractivity (Wildman–Crippen MR) is 96.7 cm³/mol. The summed E-state index contributed by atoms with van der Waals surface area (Å²) >= 11 is 5.33. The lowest BCUT2D eigenvalue weighted by molar-refractivity contribution is -0.137. The number of benzene rings is 2. The third-order valence-corrected chi connectivity index (χ3v) is 3.88. The van der Waals surface area contributed by atoms with Gasteiger partial charge in [0.05, 0.1) is 12.2 Å². The van der Waals surface area contributed by atoms with Crippen LogP contribution in [0.3, 0.4) is 0 Å². The lowest BCUT2D eigenvalue weighted by Crippen LogP contribution is -2.30. The molecule has 1 N–H and O–H groups in total. The Morgan fingerprint density at radius 3 is 2.20 bits per heavy atom. The van der Waals surface area contributed by atoms with Gasteiger partial charge in [0.1, 0.15) is 5.75 Å². The van der Waals surface area contributed by atoms with Gasteiger partial charge in [-0.25, -0.2) is 0 Å². The molecule has 7 heteroatoms. The number of rotatable bonds is 5. The van der Waals surface area contributed by atoms with E-state index in [1.54, 1.807) is 11.9 Å². The van der Waals surface area contributed by atoms with Gasteiger partial charge in [0.2, 0.25) is 0 Å². The molecule has 2 aromatic rings. The molecule has 0 saturated heterocycles. The van der Waals surface area contributed by atoms with Crippen LogP contribution >= 0.6 is 12.2 Å². The number of anilines is 1. The van der Waals surface area contributed by atoms with Crippen molar-refractivity contribution in [3.8, 4) is 5.75 Å². The molecule has 0 radical (unpaired) electrons. The molecule has 134 valence electrons. The SMILES string of the molecule is CCOc1ccc(NC(=S)N(C)Cc2ccc(C(F)(F)F)cc2)cc1. The van der Waals surface area contributed by atoms with Gasteiger partial charge in [-0.1, -0.05) is 12.1 Å². The van der Waals surface area contributed by atoms with E-state index in [0.29, 0.717) is 18.3 Å². The van der Waals surface area contributed by atoms with E-state index in [0.717, 1.165) is 29.1 Å². The molecule has 0 saturated carbocycles. The van der Waals surface area contributed by atoms with E-state index in [1.165, 1.54) is 12.1 Å². The monoisotopic (exact) mass is 368 g/mol. The van der Waals surface area contributed by atoms with E-state index >= 15 is 0 Å². The number of alkyl halides is 3. The molecular weight excluding hydrogens is 349 g/mol. The highest BCUT2D eigenvalue weighted by atomic mass is 32.1. The lowest BCUT2D eigenvalue weighted by Gasteiger charge is -2.21. The fourth-order valence-corrected chi connectivity index (χ4v) is 2.35. The van der Waals surface area contributed by atoms with Crippen molar-refractivity contribution in [1.29, 1.82) is 0 Å². The molecule has 2 rings (SSSR count). The first-order valence-electron chi connectivity index (χ1n) is 7.70. The molecular formula is C18H19F3N2OS. The lowest BCUT2D eigenvalue weighted by atomic mass is 10.1. The number of nitrogens with one attached hydrogen (secondary N) is 1. The van der Waals surface area contributed by atoms with Crippen LogP contribution in [0.15, 0.2) is 48.5 Å². The number of hydrogen-bond acceptors (Lipinski definition) is 2. The van der Waals surface area contributed by atoms with E-state index in [-0.39, 0.29) is 0 Å². The summed E-state index contributed by atoms with van der Waals surface area (Å²) < 4.78 is 43.1. The van der Waals surface area contributed by atoms with Crippen molar-refractivity contribution in [1.82, 2.24) is 4.90 Å². The molecule has 0 amide bonds. The van der Waals surface area contributed by atoms with Crippen molar-refractivity contribution in [2.75, 3.05) is 19.0 Å². The summed E-state index contributed by atoms with van der Waals surface area (Å²) in [5.41, 5.74) is 0.896. The highest BCUT2D eigenvalue weighted by Gasteiger charge is 2.29. The zero-order valence-corrected chi connectivity index (χ0v) is 14.7. The van der Waals surface area contributed by atoms with Gasteiger partial charge in [-0.3, -0.25) is 0 Å². The van der Waals surface area contributed by atoms with E-state index in [2.05, 4.69) is 5.32 Å². The van der Waals surface area contributed by atoms with Crippen LogP contribution in [-0.4, -0.2) is 23.7 Å². The van der Waals surface area contributed by atoms with Crippen LogP contribution in [0, 0.1) is 0 Å². The van der Waals surface area contributed by atoms with Gasteiger partial charge in [0.25, 0.3) is 0 Å².